The first-order chi connectivity index (χ1) is 13.9. The number of anilines is 1. The maximum Gasteiger partial charge on any atom is 0.234 e. The fraction of sp³-hybridized carbons (Fsp3) is 0.619. The van der Waals surface area contributed by atoms with E-state index in [4.69, 9.17) is 0 Å². The molecule has 29 heavy (non-hydrogen) atoms. The molecule has 1 N–H and O–H groups in total. The molecular formula is C21H29N5O3. The van der Waals surface area contributed by atoms with E-state index >= 15 is 0 Å². The standard InChI is InChI=1S/C21H29N5O3/c1-16(27)25-11-9-24(10-12-25)14-17-4-5-18(22-13-17)26-8-7-21(15-26)6-2-3-19(28)23-20(21)29/h4-5,13H,2-3,6-12,14-15H2,1H3,(H,23,28,29). The third-order valence-corrected chi connectivity index (χ3v) is 6.50. The highest BCUT2D eigenvalue weighted by Crippen LogP contribution is 2.38. The van der Waals surface area contributed by atoms with Crippen molar-refractivity contribution in [1.29, 1.82) is 0 Å². The van der Waals surface area contributed by atoms with Gasteiger partial charge in [-0.2, -0.15) is 0 Å². The zero-order valence-corrected chi connectivity index (χ0v) is 17.0. The highest BCUT2D eigenvalue weighted by atomic mass is 16.2. The van der Waals surface area contributed by atoms with Crippen LogP contribution in [0.3, 0.4) is 0 Å². The average molecular weight is 399 g/mol. The molecule has 8 heteroatoms. The molecule has 156 valence electrons. The number of carbonyl (C=O) groups is 3. The van der Waals surface area contributed by atoms with Crippen molar-refractivity contribution in [3.63, 3.8) is 0 Å². The molecule has 4 heterocycles. The quantitative estimate of drug-likeness (QED) is 0.756. The number of nitrogens with one attached hydrogen (secondary N) is 1. The van der Waals surface area contributed by atoms with Gasteiger partial charge in [-0.3, -0.25) is 24.6 Å². The van der Waals surface area contributed by atoms with Crippen LogP contribution in [0.5, 0.6) is 0 Å². The van der Waals surface area contributed by atoms with E-state index < -0.39 is 5.41 Å². The van der Waals surface area contributed by atoms with E-state index in [1.807, 2.05) is 17.2 Å². The lowest BCUT2D eigenvalue weighted by Gasteiger charge is -2.34. The van der Waals surface area contributed by atoms with Gasteiger partial charge in [0.05, 0.1) is 5.41 Å². The van der Waals surface area contributed by atoms with Crippen molar-refractivity contribution in [1.82, 2.24) is 20.1 Å². The van der Waals surface area contributed by atoms with Crippen molar-refractivity contribution in [3.8, 4) is 0 Å². The summed E-state index contributed by atoms with van der Waals surface area (Å²) >= 11 is 0. The van der Waals surface area contributed by atoms with Crippen molar-refractivity contribution < 1.29 is 14.4 Å². The molecule has 0 radical (unpaired) electrons. The van der Waals surface area contributed by atoms with Gasteiger partial charge in [-0.1, -0.05) is 6.07 Å². The van der Waals surface area contributed by atoms with Crippen LogP contribution in [-0.2, 0) is 20.9 Å². The minimum Gasteiger partial charge on any atom is -0.356 e. The molecule has 3 saturated heterocycles. The molecule has 1 unspecified atom stereocenters. The van der Waals surface area contributed by atoms with Gasteiger partial charge in [0.1, 0.15) is 5.82 Å². The predicted octanol–water partition coefficient (Wildman–Crippen LogP) is 0.769. The second kappa shape index (κ2) is 8.10. The van der Waals surface area contributed by atoms with Crippen molar-refractivity contribution in [2.24, 2.45) is 5.41 Å². The lowest BCUT2D eigenvalue weighted by molar-refractivity contribution is -0.135. The SMILES string of the molecule is CC(=O)N1CCN(Cc2ccc(N3CCC4(CCCC(=O)NC4=O)C3)nc2)CC1. The Kier molecular flexibility index (Phi) is 5.54. The molecular weight excluding hydrogens is 370 g/mol. The Labute approximate surface area is 171 Å². The Morgan fingerprint density at radius 1 is 1.14 bits per heavy atom. The van der Waals surface area contributed by atoms with E-state index in [1.54, 1.807) is 6.92 Å². The number of imide groups is 1. The molecule has 8 nitrogen and oxygen atoms in total. The molecule has 1 spiro atoms. The van der Waals surface area contributed by atoms with Gasteiger partial charge in [0.15, 0.2) is 0 Å². The summed E-state index contributed by atoms with van der Waals surface area (Å²) in [5.74, 6) is 0.752. The van der Waals surface area contributed by atoms with Gasteiger partial charge in [0.25, 0.3) is 0 Å². The van der Waals surface area contributed by atoms with Crippen molar-refractivity contribution in [2.75, 3.05) is 44.2 Å². The lowest BCUT2D eigenvalue weighted by atomic mass is 9.82. The van der Waals surface area contributed by atoms with Gasteiger partial charge in [-0.25, -0.2) is 4.98 Å². The first kappa shape index (κ1) is 19.8. The van der Waals surface area contributed by atoms with Crippen LogP contribution in [0.25, 0.3) is 0 Å². The number of hydrogen-bond acceptors (Lipinski definition) is 6. The number of piperazine rings is 1. The van der Waals surface area contributed by atoms with Crippen molar-refractivity contribution in [3.05, 3.63) is 23.9 Å². The van der Waals surface area contributed by atoms with Crippen LogP contribution < -0.4 is 10.2 Å². The van der Waals surface area contributed by atoms with E-state index in [0.29, 0.717) is 13.0 Å². The van der Waals surface area contributed by atoms with Crippen LogP contribution in [-0.4, -0.2) is 71.8 Å². The van der Waals surface area contributed by atoms with E-state index in [2.05, 4.69) is 26.2 Å². The fourth-order valence-electron chi connectivity index (χ4n) is 4.66. The van der Waals surface area contributed by atoms with Gasteiger partial charge in [0.2, 0.25) is 17.7 Å². The Morgan fingerprint density at radius 3 is 2.62 bits per heavy atom. The number of nitrogens with zero attached hydrogens (tertiary/aromatic N) is 4. The van der Waals surface area contributed by atoms with Gasteiger partial charge in [-0.15, -0.1) is 0 Å². The van der Waals surface area contributed by atoms with Crippen LogP contribution in [0.4, 0.5) is 5.82 Å². The Hall–Kier alpha value is -2.48. The lowest BCUT2D eigenvalue weighted by Crippen LogP contribution is -2.47. The summed E-state index contributed by atoms with van der Waals surface area (Å²) in [6, 6.07) is 4.13. The molecule has 0 aliphatic carbocycles. The van der Waals surface area contributed by atoms with Crippen LogP contribution >= 0.6 is 0 Å². The fourth-order valence-corrected chi connectivity index (χ4v) is 4.66. The maximum atomic E-state index is 12.6. The largest absolute Gasteiger partial charge is 0.356 e. The highest BCUT2D eigenvalue weighted by molar-refractivity contribution is 5.99. The molecule has 3 aliphatic heterocycles. The number of pyridine rings is 1. The van der Waals surface area contributed by atoms with Crippen molar-refractivity contribution >= 4 is 23.5 Å². The minimum atomic E-state index is -0.469. The van der Waals surface area contributed by atoms with E-state index in [9.17, 15) is 14.4 Å². The second-order valence-electron chi connectivity index (χ2n) is 8.49. The van der Waals surface area contributed by atoms with Crippen molar-refractivity contribution in [2.45, 2.75) is 39.2 Å². The third kappa shape index (κ3) is 4.27. The summed E-state index contributed by atoms with van der Waals surface area (Å²) in [6.07, 6.45) is 4.62. The number of aromatic nitrogens is 1. The zero-order chi connectivity index (χ0) is 20.4. The van der Waals surface area contributed by atoms with Crippen LogP contribution in [0.2, 0.25) is 0 Å². The normalized spacial score (nSPS) is 26.0. The summed E-state index contributed by atoms with van der Waals surface area (Å²) in [5, 5.41) is 2.56. The second-order valence-corrected chi connectivity index (χ2v) is 8.49. The number of rotatable bonds is 3. The minimum absolute atomic E-state index is 0.121. The highest BCUT2D eigenvalue weighted by Gasteiger charge is 2.46. The Balaban J connectivity index is 1.35. The van der Waals surface area contributed by atoms with Crippen LogP contribution in [0.1, 0.15) is 38.2 Å². The number of hydrogen-bond donors (Lipinski definition) is 1. The smallest absolute Gasteiger partial charge is 0.234 e. The molecule has 0 aromatic carbocycles. The predicted molar refractivity (Wildman–Crippen MR) is 108 cm³/mol. The first-order valence-electron chi connectivity index (χ1n) is 10.5. The molecule has 0 bridgehead atoms. The summed E-state index contributed by atoms with van der Waals surface area (Å²) in [6.45, 7) is 7.16. The monoisotopic (exact) mass is 399 g/mol. The number of carbonyl (C=O) groups excluding carboxylic acids is 3. The van der Waals surface area contributed by atoms with Gasteiger partial charge in [0, 0.05) is 65.4 Å². The topological polar surface area (TPSA) is 85.9 Å². The van der Waals surface area contributed by atoms with Gasteiger partial charge in [-0.05, 0) is 30.9 Å². The molecule has 4 rings (SSSR count). The summed E-state index contributed by atoms with van der Waals surface area (Å²) in [7, 11) is 0. The molecule has 1 aromatic rings. The molecule has 3 fully saturated rings. The Bertz CT molecular complexity index is 788. The van der Waals surface area contributed by atoms with Crippen LogP contribution in [0.15, 0.2) is 18.3 Å². The van der Waals surface area contributed by atoms with Gasteiger partial charge >= 0.3 is 0 Å². The number of amides is 3. The molecule has 1 atom stereocenters. The maximum absolute atomic E-state index is 12.6. The summed E-state index contributed by atoms with van der Waals surface area (Å²) in [4.78, 5) is 46.7. The zero-order valence-electron chi connectivity index (χ0n) is 17.0. The molecule has 1 aromatic heterocycles. The van der Waals surface area contributed by atoms with E-state index in [-0.39, 0.29) is 17.7 Å². The first-order valence-corrected chi connectivity index (χ1v) is 10.5. The molecule has 3 aliphatic rings. The third-order valence-electron chi connectivity index (χ3n) is 6.50. The van der Waals surface area contributed by atoms with Crippen LogP contribution in [0, 0.1) is 5.41 Å². The summed E-state index contributed by atoms with van der Waals surface area (Å²) < 4.78 is 0. The van der Waals surface area contributed by atoms with Gasteiger partial charge < -0.3 is 9.80 Å². The average Bonchev–Trinajstić information content (AvgIpc) is 3.08. The summed E-state index contributed by atoms with van der Waals surface area (Å²) in [5.41, 5.74) is 0.680. The van der Waals surface area contributed by atoms with E-state index in [0.717, 1.165) is 69.9 Å². The molecule has 0 saturated carbocycles. The molecule has 3 amide bonds. The Morgan fingerprint density at radius 2 is 1.93 bits per heavy atom. The van der Waals surface area contributed by atoms with E-state index in [1.165, 1.54) is 0 Å².